The molecule has 1 unspecified atom stereocenters. The largest absolute Gasteiger partial charge is 0.463 e. The lowest BCUT2D eigenvalue weighted by atomic mass is 9.93. The van der Waals surface area contributed by atoms with E-state index >= 15 is 0 Å². The lowest BCUT2D eigenvalue weighted by Crippen LogP contribution is -2.38. The van der Waals surface area contributed by atoms with Crippen molar-refractivity contribution < 1.29 is 14.3 Å². The number of carbonyl (C=O) groups excluding carboxylic acids is 2. The summed E-state index contributed by atoms with van der Waals surface area (Å²) in [6.45, 7) is 6.25. The maximum Gasteiger partial charge on any atom is 0.338 e. The van der Waals surface area contributed by atoms with Gasteiger partial charge in [0, 0.05) is 17.3 Å². The zero-order chi connectivity index (χ0) is 20.3. The van der Waals surface area contributed by atoms with E-state index in [-0.39, 0.29) is 18.9 Å². The number of aliphatic imine (C=N–C) groups is 1. The predicted octanol–water partition coefficient (Wildman–Crippen LogP) is 4.00. The fraction of sp³-hybridized carbons (Fsp3) is 0.350. The van der Waals surface area contributed by atoms with Gasteiger partial charge in [-0.05, 0) is 37.8 Å². The van der Waals surface area contributed by atoms with Gasteiger partial charge in [-0.2, -0.15) is 0 Å². The first-order chi connectivity index (χ1) is 13.5. The molecule has 0 saturated heterocycles. The Balaban J connectivity index is 2.08. The van der Waals surface area contributed by atoms with Gasteiger partial charge in [-0.15, -0.1) is 0 Å². The summed E-state index contributed by atoms with van der Waals surface area (Å²) in [6.07, 6.45) is 0.190. The van der Waals surface area contributed by atoms with Gasteiger partial charge in [0.1, 0.15) is 0 Å². The van der Waals surface area contributed by atoms with Gasteiger partial charge in [0.05, 0.1) is 30.3 Å². The number of amidine groups is 1. The van der Waals surface area contributed by atoms with Crippen LogP contribution < -0.4 is 5.32 Å². The number of hydrogen-bond donors (Lipinski definition) is 1. The van der Waals surface area contributed by atoms with E-state index in [9.17, 15) is 9.59 Å². The molecular formula is C20H22ClN3O3S. The first kappa shape index (κ1) is 20.5. The minimum atomic E-state index is -0.504. The first-order valence-corrected chi connectivity index (χ1v) is 10.4. The molecule has 0 aliphatic carbocycles. The van der Waals surface area contributed by atoms with Crippen LogP contribution in [0.2, 0.25) is 5.02 Å². The third-order valence-corrected chi connectivity index (χ3v) is 5.64. The van der Waals surface area contributed by atoms with Crippen molar-refractivity contribution in [3.63, 3.8) is 0 Å². The Morgan fingerprint density at radius 3 is 2.75 bits per heavy atom. The molecule has 3 rings (SSSR count). The van der Waals surface area contributed by atoms with E-state index in [1.165, 1.54) is 11.8 Å². The summed E-state index contributed by atoms with van der Waals surface area (Å²) in [5.41, 5.74) is 2.56. The van der Waals surface area contributed by atoms with Crippen LogP contribution in [0.15, 0.2) is 51.6 Å². The average Bonchev–Trinajstić information content (AvgIpc) is 3.03. The number of amides is 1. The first-order valence-electron chi connectivity index (χ1n) is 9.10. The van der Waals surface area contributed by atoms with E-state index in [0.29, 0.717) is 22.8 Å². The molecule has 148 valence electrons. The minimum Gasteiger partial charge on any atom is -0.463 e. The summed E-state index contributed by atoms with van der Waals surface area (Å²) >= 11 is 7.93. The van der Waals surface area contributed by atoms with Gasteiger partial charge in [0.15, 0.2) is 5.17 Å². The van der Waals surface area contributed by atoms with Crippen LogP contribution in [0, 0.1) is 0 Å². The van der Waals surface area contributed by atoms with Crippen LogP contribution in [0.4, 0.5) is 0 Å². The average molecular weight is 420 g/mol. The van der Waals surface area contributed by atoms with Gasteiger partial charge in [-0.25, -0.2) is 9.79 Å². The standard InChI is InChI=1S/C20H22ClN3O3S/c1-4-22-16(25)10-13-11-28-20-23-12(3)17(19(26)27-5-2)18(24(13)20)14-8-6-7-9-15(14)21/h6-9,11,18H,4-5,10H2,1-3H3,(H,22,25). The summed E-state index contributed by atoms with van der Waals surface area (Å²) in [5, 5.41) is 5.97. The minimum absolute atomic E-state index is 0.0857. The Kier molecular flexibility index (Phi) is 6.46. The second kappa shape index (κ2) is 8.84. The molecule has 0 fully saturated rings. The number of benzene rings is 1. The molecule has 2 aliphatic heterocycles. The summed E-state index contributed by atoms with van der Waals surface area (Å²) < 4.78 is 5.31. The van der Waals surface area contributed by atoms with Crippen LogP contribution in [0.1, 0.15) is 38.8 Å². The van der Waals surface area contributed by atoms with E-state index in [4.69, 9.17) is 16.3 Å². The number of nitrogens with one attached hydrogen (secondary N) is 1. The Bertz CT molecular complexity index is 894. The Hall–Kier alpha value is -2.25. The molecule has 1 atom stereocenters. The maximum absolute atomic E-state index is 12.8. The number of halogens is 1. The van der Waals surface area contributed by atoms with Crippen LogP contribution in [0.5, 0.6) is 0 Å². The van der Waals surface area contributed by atoms with Gasteiger partial charge in [0.2, 0.25) is 5.91 Å². The quantitative estimate of drug-likeness (QED) is 0.705. The Morgan fingerprint density at radius 2 is 2.07 bits per heavy atom. The van der Waals surface area contributed by atoms with Crippen LogP contribution in [-0.2, 0) is 14.3 Å². The summed E-state index contributed by atoms with van der Waals surface area (Å²) in [4.78, 5) is 31.5. The fourth-order valence-electron chi connectivity index (χ4n) is 3.25. The van der Waals surface area contributed by atoms with Gasteiger partial charge >= 0.3 is 5.97 Å². The van der Waals surface area contributed by atoms with Crippen molar-refractivity contribution in [2.75, 3.05) is 13.2 Å². The van der Waals surface area contributed by atoms with Crippen LogP contribution in [0.25, 0.3) is 0 Å². The van der Waals surface area contributed by atoms with Crippen molar-refractivity contribution in [2.45, 2.75) is 33.2 Å². The zero-order valence-electron chi connectivity index (χ0n) is 16.0. The van der Waals surface area contributed by atoms with Gasteiger partial charge in [0.25, 0.3) is 0 Å². The third kappa shape index (κ3) is 3.95. The Morgan fingerprint density at radius 1 is 1.32 bits per heavy atom. The molecular weight excluding hydrogens is 398 g/mol. The molecule has 0 aromatic heterocycles. The van der Waals surface area contributed by atoms with E-state index < -0.39 is 12.0 Å². The lowest BCUT2D eigenvalue weighted by molar-refractivity contribution is -0.139. The number of carbonyl (C=O) groups is 2. The molecule has 0 spiro atoms. The van der Waals surface area contributed by atoms with Crippen molar-refractivity contribution in [2.24, 2.45) is 4.99 Å². The summed E-state index contributed by atoms with van der Waals surface area (Å²) in [5.74, 6) is -0.514. The number of hydrogen-bond acceptors (Lipinski definition) is 6. The SMILES string of the molecule is CCNC(=O)CC1=CSC2=NC(C)=C(C(=O)OCC)C(c3ccccc3Cl)N12. The molecule has 1 aromatic carbocycles. The smallest absolute Gasteiger partial charge is 0.338 e. The molecule has 1 N–H and O–H groups in total. The normalized spacial score (nSPS) is 18.4. The van der Waals surface area contributed by atoms with Crippen LogP contribution >= 0.6 is 23.4 Å². The van der Waals surface area contributed by atoms with Crippen molar-refractivity contribution >= 4 is 40.4 Å². The van der Waals surface area contributed by atoms with Crippen molar-refractivity contribution in [3.8, 4) is 0 Å². The molecule has 1 aromatic rings. The van der Waals surface area contributed by atoms with Crippen molar-refractivity contribution in [3.05, 3.63) is 57.2 Å². The fourth-order valence-corrected chi connectivity index (χ4v) is 4.46. The lowest BCUT2D eigenvalue weighted by Gasteiger charge is -2.36. The third-order valence-electron chi connectivity index (χ3n) is 4.41. The number of thioether (sulfide) groups is 1. The summed E-state index contributed by atoms with van der Waals surface area (Å²) in [7, 11) is 0. The van der Waals surface area contributed by atoms with Crippen molar-refractivity contribution in [1.29, 1.82) is 0 Å². The molecule has 0 saturated carbocycles. The molecule has 6 nitrogen and oxygen atoms in total. The number of esters is 1. The Labute approximate surface area is 173 Å². The number of nitrogens with zero attached hydrogens (tertiary/aromatic N) is 2. The topological polar surface area (TPSA) is 71.0 Å². The zero-order valence-corrected chi connectivity index (χ0v) is 17.6. The van der Waals surface area contributed by atoms with E-state index in [2.05, 4.69) is 10.3 Å². The molecule has 0 radical (unpaired) electrons. The monoisotopic (exact) mass is 419 g/mol. The van der Waals surface area contributed by atoms with Gasteiger partial charge in [-0.3, -0.25) is 4.79 Å². The number of fused-ring (bicyclic) bond motifs is 1. The molecule has 8 heteroatoms. The number of allylic oxidation sites excluding steroid dienone is 1. The van der Waals surface area contributed by atoms with Gasteiger partial charge < -0.3 is 15.0 Å². The predicted molar refractivity (Wildman–Crippen MR) is 112 cm³/mol. The number of rotatable bonds is 6. The highest BCUT2D eigenvalue weighted by atomic mass is 35.5. The molecule has 2 aliphatic rings. The molecule has 2 heterocycles. The van der Waals surface area contributed by atoms with E-state index in [1.54, 1.807) is 19.9 Å². The number of ether oxygens (including phenoxy) is 1. The highest BCUT2D eigenvalue weighted by Crippen LogP contribution is 2.46. The van der Waals surface area contributed by atoms with Crippen LogP contribution in [0.3, 0.4) is 0 Å². The second-order valence-electron chi connectivity index (χ2n) is 6.27. The van der Waals surface area contributed by atoms with Crippen LogP contribution in [-0.4, -0.2) is 35.1 Å². The van der Waals surface area contributed by atoms with E-state index in [0.717, 1.165) is 16.4 Å². The molecule has 1 amide bonds. The highest BCUT2D eigenvalue weighted by Gasteiger charge is 2.41. The van der Waals surface area contributed by atoms with Gasteiger partial charge in [-0.1, -0.05) is 41.6 Å². The molecule has 28 heavy (non-hydrogen) atoms. The maximum atomic E-state index is 12.8. The van der Waals surface area contributed by atoms with E-state index in [1.807, 2.05) is 35.4 Å². The van der Waals surface area contributed by atoms with Crippen molar-refractivity contribution in [1.82, 2.24) is 10.2 Å². The second-order valence-corrected chi connectivity index (χ2v) is 7.51. The summed E-state index contributed by atoms with van der Waals surface area (Å²) in [6, 6.07) is 6.89. The highest BCUT2D eigenvalue weighted by molar-refractivity contribution is 8.16. The molecule has 0 bridgehead atoms.